The van der Waals surface area contributed by atoms with Crippen molar-refractivity contribution in [3.05, 3.63) is 28.8 Å². The average molecular weight is 310 g/mol. The van der Waals surface area contributed by atoms with E-state index in [1.54, 1.807) is 11.1 Å². The first kappa shape index (κ1) is 15.8. The minimum Gasteiger partial charge on any atom is -0.444 e. The Hall–Kier alpha value is -1.62. The summed E-state index contributed by atoms with van der Waals surface area (Å²) in [6.45, 7) is 8.47. The van der Waals surface area contributed by atoms with Crippen LogP contribution < -0.4 is 0 Å². The molecule has 1 amide bonds. The lowest BCUT2D eigenvalue weighted by Gasteiger charge is -2.30. The predicted molar refractivity (Wildman–Crippen MR) is 82.2 cm³/mol. The van der Waals surface area contributed by atoms with Crippen molar-refractivity contribution in [3.63, 3.8) is 0 Å². The van der Waals surface area contributed by atoms with Crippen molar-refractivity contribution >= 4 is 23.3 Å². The second kappa shape index (κ2) is 6.02. The number of hydrogen-bond donors (Lipinski definition) is 0. The normalized spacial score (nSPS) is 15.7. The third-order valence-electron chi connectivity index (χ3n) is 2.97. The summed E-state index contributed by atoms with van der Waals surface area (Å²) < 4.78 is 5.41. The van der Waals surface area contributed by atoms with Gasteiger partial charge in [0.25, 0.3) is 0 Å². The maximum absolute atomic E-state index is 12.2. The average Bonchev–Trinajstić information content (AvgIpc) is 2.40. The topological polar surface area (TPSA) is 55.3 Å². The molecule has 0 bridgehead atoms. The lowest BCUT2D eigenvalue weighted by molar-refractivity contribution is 0.0273. The van der Waals surface area contributed by atoms with Crippen LogP contribution in [0.5, 0.6) is 0 Å². The minimum atomic E-state index is -0.498. The van der Waals surface area contributed by atoms with E-state index in [4.69, 9.17) is 16.3 Å². The van der Waals surface area contributed by atoms with Crippen molar-refractivity contribution in [2.24, 2.45) is 0 Å². The molecule has 114 valence electrons. The summed E-state index contributed by atoms with van der Waals surface area (Å²) in [5, 5.41) is 0.498. The van der Waals surface area contributed by atoms with Crippen LogP contribution in [-0.2, 0) is 4.74 Å². The summed E-state index contributed by atoms with van der Waals surface area (Å²) in [5.74, 6) is 0.657. The first-order chi connectivity index (χ1) is 9.76. The van der Waals surface area contributed by atoms with Crippen LogP contribution in [0.3, 0.4) is 0 Å². The van der Waals surface area contributed by atoms with Crippen LogP contribution in [0.2, 0.25) is 5.02 Å². The maximum atomic E-state index is 12.2. The fourth-order valence-electron chi connectivity index (χ4n) is 2.08. The Labute approximate surface area is 130 Å². The van der Waals surface area contributed by atoms with Crippen LogP contribution in [0.15, 0.2) is 12.3 Å². The lowest BCUT2D eigenvalue weighted by Crippen LogP contribution is -2.39. The highest BCUT2D eigenvalue weighted by atomic mass is 35.5. The van der Waals surface area contributed by atoms with E-state index in [1.165, 1.54) is 0 Å². The zero-order valence-electron chi connectivity index (χ0n) is 12.8. The summed E-state index contributed by atoms with van der Waals surface area (Å²) >= 11 is 6.16. The molecule has 1 aliphatic rings. The largest absolute Gasteiger partial charge is 0.444 e. The zero-order valence-corrected chi connectivity index (χ0v) is 13.6. The Morgan fingerprint density at radius 3 is 2.81 bits per heavy atom. The molecule has 2 heterocycles. The molecule has 0 saturated heterocycles. The highest BCUT2D eigenvalue weighted by molar-refractivity contribution is 6.32. The molecular weight excluding hydrogens is 290 g/mol. The van der Waals surface area contributed by atoms with Gasteiger partial charge in [0.2, 0.25) is 0 Å². The van der Waals surface area contributed by atoms with E-state index in [1.807, 2.05) is 27.7 Å². The summed E-state index contributed by atoms with van der Waals surface area (Å²) in [4.78, 5) is 22.3. The summed E-state index contributed by atoms with van der Waals surface area (Å²) in [6, 6.07) is 0. The fourth-order valence-corrected chi connectivity index (χ4v) is 2.29. The van der Waals surface area contributed by atoms with Crippen molar-refractivity contribution in [1.82, 2.24) is 14.9 Å². The van der Waals surface area contributed by atoms with Crippen LogP contribution in [-0.4, -0.2) is 39.7 Å². The highest BCUT2D eigenvalue weighted by Gasteiger charge is 2.25. The SMILES string of the molecule is Cc1ncc(Cl)c(C2=CCCN(C(=O)OC(C)(C)C)C2)n1. The number of aromatic nitrogens is 2. The molecule has 5 nitrogen and oxygen atoms in total. The summed E-state index contributed by atoms with van der Waals surface area (Å²) in [7, 11) is 0. The van der Waals surface area contributed by atoms with Crippen molar-refractivity contribution < 1.29 is 9.53 Å². The Kier molecular flexibility index (Phi) is 4.52. The molecule has 0 unspecified atom stereocenters. The van der Waals surface area contributed by atoms with Gasteiger partial charge in [-0.25, -0.2) is 14.8 Å². The number of hydrogen-bond acceptors (Lipinski definition) is 4. The van der Waals surface area contributed by atoms with E-state index in [2.05, 4.69) is 16.0 Å². The van der Waals surface area contributed by atoms with Gasteiger partial charge >= 0.3 is 6.09 Å². The van der Waals surface area contributed by atoms with E-state index in [-0.39, 0.29) is 6.09 Å². The van der Waals surface area contributed by atoms with E-state index in [9.17, 15) is 4.79 Å². The molecule has 0 fully saturated rings. The maximum Gasteiger partial charge on any atom is 0.410 e. The van der Waals surface area contributed by atoms with Gasteiger partial charge in [-0.15, -0.1) is 0 Å². The second-order valence-corrected chi connectivity index (χ2v) is 6.44. The Morgan fingerprint density at radius 1 is 1.43 bits per heavy atom. The Balaban J connectivity index is 2.16. The molecular formula is C15H20ClN3O2. The molecule has 2 rings (SSSR count). The van der Waals surface area contributed by atoms with Gasteiger partial charge in [-0.3, -0.25) is 0 Å². The van der Waals surface area contributed by atoms with Crippen molar-refractivity contribution in [3.8, 4) is 0 Å². The number of ether oxygens (including phenoxy) is 1. The van der Waals surface area contributed by atoms with Gasteiger partial charge in [0.1, 0.15) is 11.4 Å². The number of carbonyl (C=O) groups excluding carboxylic acids is 1. The Morgan fingerprint density at radius 2 is 2.14 bits per heavy atom. The molecule has 6 heteroatoms. The predicted octanol–water partition coefficient (Wildman–Crippen LogP) is 3.46. The number of nitrogens with zero attached hydrogens (tertiary/aromatic N) is 3. The highest BCUT2D eigenvalue weighted by Crippen LogP contribution is 2.26. The van der Waals surface area contributed by atoms with E-state index < -0.39 is 5.60 Å². The van der Waals surface area contributed by atoms with Crippen LogP contribution in [0.4, 0.5) is 4.79 Å². The van der Waals surface area contributed by atoms with Gasteiger partial charge in [-0.1, -0.05) is 17.7 Å². The van der Waals surface area contributed by atoms with Gasteiger partial charge in [0.15, 0.2) is 0 Å². The second-order valence-electron chi connectivity index (χ2n) is 6.03. The van der Waals surface area contributed by atoms with Gasteiger partial charge in [-0.2, -0.15) is 0 Å². The first-order valence-electron chi connectivity index (χ1n) is 6.93. The van der Waals surface area contributed by atoms with Crippen LogP contribution in [0.25, 0.3) is 5.57 Å². The van der Waals surface area contributed by atoms with Crippen LogP contribution in [0.1, 0.15) is 38.7 Å². The molecule has 0 saturated carbocycles. The van der Waals surface area contributed by atoms with Gasteiger partial charge < -0.3 is 9.64 Å². The fraction of sp³-hybridized carbons (Fsp3) is 0.533. The summed E-state index contributed by atoms with van der Waals surface area (Å²) in [6.07, 6.45) is 4.10. The molecule has 0 N–H and O–H groups in total. The number of amides is 1. The molecule has 0 atom stereocenters. The number of halogens is 1. The number of aryl methyl sites for hydroxylation is 1. The van der Waals surface area contributed by atoms with Crippen LogP contribution in [0, 0.1) is 6.92 Å². The number of rotatable bonds is 1. The standard InChI is InChI=1S/C15H20ClN3O2/c1-10-17-8-12(16)13(18-10)11-6-5-7-19(9-11)14(20)21-15(2,3)4/h6,8H,5,7,9H2,1-4H3. The molecule has 0 aliphatic carbocycles. The van der Waals surface area contributed by atoms with Crippen molar-refractivity contribution in [1.29, 1.82) is 0 Å². The van der Waals surface area contributed by atoms with Gasteiger partial charge in [0.05, 0.1) is 17.3 Å². The molecule has 0 radical (unpaired) electrons. The third-order valence-corrected chi connectivity index (χ3v) is 3.25. The van der Waals surface area contributed by atoms with Crippen molar-refractivity contribution in [2.75, 3.05) is 13.1 Å². The molecule has 1 aliphatic heterocycles. The summed E-state index contributed by atoms with van der Waals surface area (Å²) in [5.41, 5.74) is 1.13. The lowest BCUT2D eigenvalue weighted by atomic mass is 10.1. The molecule has 0 aromatic carbocycles. The quantitative estimate of drug-likeness (QED) is 0.797. The number of carbonyl (C=O) groups is 1. The van der Waals surface area contributed by atoms with E-state index in [0.29, 0.717) is 29.6 Å². The monoisotopic (exact) mass is 309 g/mol. The third kappa shape index (κ3) is 4.17. The molecule has 21 heavy (non-hydrogen) atoms. The van der Waals surface area contributed by atoms with Gasteiger partial charge in [0, 0.05) is 12.7 Å². The molecule has 0 spiro atoms. The Bertz CT molecular complexity index is 579. The van der Waals surface area contributed by atoms with Gasteiger partial charge in [-0.05, 0) is 39.7 Å². The minimum absolute atomic E-state index is 0.310. The van der Waals surface area contributed by atoms with E-state index in [0.717, 1.165) is 12.0 Å². The smallest absolute Gasteiger partial charge is 0.410 e. The molecule has 1 aromatic rings. The first-order valence-corrected chi connectivity index (χ1v) is 7.30. The van der Waals surface area contributed by atoms with Crippen molar-refractivity contribution in [2.45, 2.75) is 39.7 Å². The van der Waals surface area contributed by atoms with Crippen LogP contribution >= 0.6 is 11.6 Å². The molecule has 1 aromatic heterocycles. The zero-order chi connectivity index (χ0) is 15.6. The van der Waals surface area contributed by atoms with E-state index >= 15 is 0 Å².